The maximum atomic E-state index is 13.3. The SMILES string of the molecule is CCOC(=O)c1cc(Br)on1.CCOC(=O)c1cc(C2=CCCCC2)on1.O=C(Cc1cnn(Cc2cccc(F)c2)c1)c1cc(C2=CCCCC2)on1.O=C(Cc1cnn(Cc2cccc(F)c2)c1)c1cc(C2CCCCC2)on1.O=C(O)c1cc(C2=CCCCC2)on1.OB(O)C1=CCCCC1. The highest BCUT2D eigenvalue weighted by Gasteiger charge is 2.24. The second kappa shape index (κ2) is 40.7. The second-order valence-corrected chi connectivity index (χ2v) is 26.1. The summed E-state index contributed by atoms with van der Waals surface area (Å²) in [4.78, 5) is 57.8. The zero-order valence-corrected chi connectivity index (χ0v) is 59.9. The fourth-order valence-electron chi connectivity index (χ4n) is 12.0. The molecule has 2 aromatic carbocycles. The number of aromatic nitrogens is 9. The Kier molecular flexibility index (Phi) is 30.6. The Morgan fingerprint density at radius 2 is 0.942 bits per heavy atom. The van der Waals surface area contributed by atoms with Gasteiger partial charge in [0.2, 0.25) is 4.67 Å². The zero-order valence-electron chi connectivity index (χ0n) is 58.3. The van der Waals surface area contributed by atoms with Crippen molar-refractivity contribution in [1.29, 1.82) is 0 Å². The van der Waals surface area contributed by atoms with Crippen LogP contribution in [0.1, 0.15) is 252 Å². The van der Waals surface area contributed by atoms with Crippen LogP contribution in [0.3, 0.4) is 0 Å². The van der Waals surface area contributed by atoms with E-state index >= 15 is 0 Å². The molecule has 28 heteroatoms. The highest BCUT2D eigenvalue weighted by Crippen LogP contribution is 2.34. The number of hydrogen-bond acceptors (Lipinski definition) is 21. The Balaban J connectivity index is 0.000000151. The van der Waals surface area contributed by atoms with Crippen molar-refractivity contribution < 1.29 is 80.0 Å². The lowest BCUT2D eigenvalue weighted by Gasteiger charge is -2.18. The van der Waals surface area contributed by atoms with Crippen LogP contribution in [-0.4, -0.2) is 110 Å². The highest BCUT2D eigenvalue weighted by atomic mass is 79.9. The number of ether oxygens (including phenoxy) is 2. The first kappa shape index (κ1) is 78.1. The lowest BCUT2D eigenvalue weighted by Crippen LogP contribution is -2.16. The molecule has 9 aromatic rings. The monoisotopic (exact) mass is 1490 g/mol. The van der Waals surface area contributed by atoms with Gasteiger partial charge in [-0.1, -0.05) is 93.6 Å². The van der Waals surface area contributed by atoms with Gasteiger partial charge in [-0.25, -0.2) is 23.2 Å². The third-order valence-electron chi connectivity index (χ3n) is 17.4. The molecule has 5 aliphatic rings. The molecule has 104 heavy (non-hydrogen) atoms. The van der Waals surface area contributed by atoms with Crippen molar-refractivity contribution in [2.75, 3.05) is 13.2 Å². The number of ketones is 2. The average molecular weight is 1490 g/mol. The van der Waals surface area contributed by atoms with Gasteiger partial charge in [-0.2, -0.15) is 10.2 Å². The van der Waals surface area contributed by atoms with Gasteiger partial charge in [-0.05, 0) is 214 Å². The number of allylic oxidation sites excluding steroid dienone is 8. The lowest BCUT2D eigenvalue weighted by molar-refractivity contribution is 0.0505. The van der Waals surface area contributed by atoms with Crippen molar-refractivity contribution >= 4 is 69.2 Å². The van der Waals surface area contributed by atoms with E-state index in [2.05, 4.69) is 79.4 Å². The molecule has 0 unspecified atom stereocenters. The van der Waals surface area contributed by atoms with Gasteiger partial charge in [0.15, 0.2) is 51.6 Å². The summed E-state index contributed by atoms with van der Waals surface area (Å²) >= 11 is 3.01. The van der Waals surface area contributed by atoms with Gasteiger partial charge >= 0.3 is 25.0 Å². The van der Waals surface area contributed by atoms with Crippen LogP contribution in [0.4, 0.5) is 8.78 Å². The summed E-state index contributed by atoms with van der Waals surface area (Å²) in [5, 5.41) is 53.1. The number of benzene rings is 2. The number of nitrogens with zero attached hydrogens (tertiary/aromatic N) is 9. The summed E-state index contributed by atoms with van der Waals surface area (Å²) in [6.07, 6.45) is 38.9. The predicted octanol–water partition coefficient (Wildman–Crippen LogP) is 16.2. The Morgan fingerprint density at radius 3 is 1.36 bits per heavy atom. The standard InChI is InChI=1S/C21H22FN3O2.C21H20FN3O2.C12H15NO3.C10H11NO3.C6H11BO2.C6H6BrNO3/c2*22-18-8-4-5-15(9-18)13-25-14-16(12-23-25)10-20(26)19-11-21(27-24-19)17-6-2-1-3-7-17;1-2-15-12(14)10-8-11(16-13-10)9-6-4-3-5-7-9;12-10(13)8-6-9(14-11-8)7-4-2-1-3-5-7;8-7(9)6-4-2-1-3-5-6;1-2-10-6(9)4-3-5(7)11-8-4/h4-5,8-9,11-12,14,17H,1-3,6-7,10,13H2;4-6,8-9,11-12,14H,1-3,7,10,13H2;6,8H,2-5,7H2,1H3;4,6H,1-3,5H2,(H,12,13);4,8-9H,1-3,5H2;3H,2H2,1H3. The second-order valence-electron chi connectivity index (χ2n) is 25.3. The lowest BCUT2D eigenvalue weighted by atomic mass is 9.74. The van der Waals surface area contributed by atoms with Crippen LogP contribution in [0.15, 0.2) is 161 Å². The summed E-state index contributed by atoms with van der Waals surface area (Å²) in [5.41, 5.74) is 8.53. The Hall–Kier alpha value is -10.1. The van der Waals surface area contributed by atoms with Gasteiger partial charge in [0.1, 0.15) is 23.1 Å². The van der Waals surface area contributed by atoms with E-state index < -0.39 is 25.0 Å². The number of aromatic carboxylic acids is 1. The minimum Gasteiger partial charge on any atom is -0.476 e. The third kappa shape index (κ3) is 24.8. The molecule has 5 aliphatic carbocycles. The van der Waals surface area contributed by atoms with Crippen LogP contribution in [0, 0.1) is 11.6 Å². The fourth-order valence-corrected chi connectivity index (χ4v) is 12.3. The van der Waals surface area contributed by atoms with Gasteiger partial charge in [-0.15, -0.1) is 0 Å². The van der Waals surface area contributed by atoms with Crippen molar-refractivity contribution in [1.82, 2.24) is 45.3 Å². The molecule has 0 radical (unpaired) electrons. The summed E-state index contributed by atoms with van der Waals surface area (Å²) in [6.45, 7) is 5.10. The third-order valence-corrected chi connectivity index (χ3v) is 17.7. The number of esters is 2. The molecular formula is C76H85BBrF2N9O15. The van der Waals surface area contributed by atoms with E-state index in [0.717, 1.165) is 134 Å². The number of carbonyl (C=O) groups is 5. The molecule has 0 spiro atoms. The summed E-state index contributed by atoms with van der Waals surface area (Å²) < 4.78 is 65.4. The van der Waals surface area contributed by atoms with Crippen molar-refractivity contribution in [3.63, 3.8) is 0 Å². The number of halogens is 3. The van der Waals surface area contributed by atoms with E-state index in [9.17, 15) is 32.8 Å². The maximum absolute atomic E-state index is 13.3. The first-order valence-electron chi connectivity index (χ1n) is 35.2. The number of carboxylic acids is 1. The van der Waals surface area contributed by atoms with Crippen LogP contribution in [0.2, 0.25) is 0 Å². The van der Waals surface area contributed by atoms with Gasteiger partial charge in [-0.3, -0.25) is 19.0 Å². The van der Waals surface area contributed by atoms with Gasteiger partial charge in [0.05, 0.1) is 38.7 Å². The summed E-state index contributed by atoms with van der Waals surface area (Å²) in [6, 6.07) is 20.9. The van der Waals surface area contributed by atoms with Crippen LogP contribution in [-0.2, 0) is 35.4 Å². The largest absolute Gasteiger partial charge is 0.483 e. The highest BCUT2D eigenvalue weighted by molar-refractivity contribution is 9.10. The predicted molar refractivity (Wildman–Crippen MR) is 383 cm³/mol. The molecule has 0 saturated heterocycles. The van der Waals surface area contributed by atoms with E-state index in [4.69, 9.17) is 38.0 Å². The number of carboxylic acid groups (broad SMARTS) is 1. The Bertz CT molecular complexity index is 4400. The first-order valence-corrected chi connectivity index (χ1v) is 36.0. The van der Waals surface area contributed by atoms with E-state index in [1.54, 1.807) is 72.1 Å². The molecule has 0 amide bonds. The maximum Gasteiger partial charge on any atom is 0.483 e. The van der Waals surface area contributed by atoms with Crippen LogP contribution in [0.25, 0.3) is 16.7 Å². The fraction of sp³-hybridized carbons (Fsp3) is 0.395. The molecule has 3 N–H and O–H groups in total. The molecule has 0 aliphatic heterocycles. The molecule has 0 bridgehead atoms. The Morgan fingerprint density at radius 1 is 0.510 bits per heavy atom. The van der Waals surface area contributed by atoms with Crippen LogP contribution < -0.4 is 0 Å². The van der Waals surface area contributed by atoms with Crippen LogP contribution in [0.5, 0.6) is 0 Å². The molecule has 24 nitrogen and oxygen atoms in total. The van der Waals surface area contributed by atoms with Crippen LogP contribution >= 0.6 is 15.9 Å². The number of rotatable bonds is 20. The van der Waals surface area contributed by atoms with E-state index in [1.165, 1.54) is 87.8 Å². The van der Waals surface area contributed by atoms with E-state index in [-0.39, 0.29) is 53.1 Å². The molecule has 14 rings (SSSR count). The van der Waals surface area contributed by atoms with Gasteiger partial charge < -0.3 is 47.2 Å². The molecule has 1 saturated carbocycles. The van der Waals surface area contributed by atoms with Crippen molar-refractivity contribution in [2.24, 2.45) is 0 Å². The Labute approximate surface area is 608 Å². The topological polar surface area (TPSA) is 330 Å². The van der Waals surface area contributed by atoms with Crippen molar-refractivity contribution in [2.45, 2.75) is 181 Å². The number of hydrogen-bond donors (Lipinski definition) is 3. The summed E-state index contributed by atoms with van der Waals surface area (Å²) in [5.74, 6) is 0.552. The van der Waals surface area contributed by atoms with E-state index in [0.29, 0.717) is 65.6 Å². The normalized spacial score (nSPS) is 14.9. The van der Waals surface area contributed by atoms with Gasteiger partial charge in [0, 0.05) is 61.5 Å². The zero-order chi connectivity index (χ0) is 73.6. The van der Waals surface area contributed by atoms with E-state index in [1.807, 2.05) is 24.4 Å². The van der Waals surface area contributed by atoms with Crippen molar-refractivity contribution in [3.05, 3.63) is 223 Å². The molecule has 0 atom stereocenters. The average Bonchev–Trinajstić information content (AvgIpc) is 1.69. The minimum absolute atomic E-state index is 0.0218. The number of carbonyl (C=O) groups excluding carboxylic acids is 4. The molecule has 548 valence electrons. The smallest absolute Gasteiger partial charge is 0.476 e. The first-order chi connectivity index (χ1) is 50.5. The summed E-state index contributed by atoms with van der Waals surface area (Å²) in [7, 11) is -1.20. The van der Waals surface area contributed by atoms with Gasteiger partial charge in [0.25, 0.3) is 0 Å². The number of Topliss-reactive ketones (excluding diaryl/α,β-unsaturated/α-hetero) is 2. The molecular weight excluding hydrogens is 1410 g/mol. The quantitative estimate of drug-likeness (QED) is 0.0362. The molecule has 1 fully saturated rings. The molecule has 7 aromatic heterocycles. The minimum atomic E-state index is -1.20. The molecule has 7 heterocycles. The van der Waals surface area contributed by atoms with Crippen molar-refractivity contribution in [3.8, 4) is 0 Å².